The van der Waals surface area contributed by atoms with Crippen molar-refractivity contribution in [2.24, 2.45) is 0 Å². The molecule has 0 spiro atoms. The average molecular weight is 1470 g/mol. The van der Waals surface area contributed by atoms with Crippen molar-refractivity contribution >= 4 is 76.7 Å². The van der Waals surface area contributed by atoms with E-state index in [0.717, 1.165) is 59.0 Å². The number of methoxy groups -OCH3 is 3. The number of carbonyl (C=O) groups is 6. The van der Waals surface area contributed by atoms with Crippen LogP contribution in [0.4, 0.5) is 34.5 Å². The van der Waals surface area contributed by atoms with Gasteiger partial charge in [-0.15, -0.1) is 15.3 Å². The van der Waals surface area contributed by atoms with Gasteiger partial charge in [-0.3, -0.25) is 16.0 Å². The first-order valence-electron chi connectivity index (χ1n) is 36.6. The lowest BCUT2D eigenvalue weighted by molar-refractivity contribution is 0.0408. The third kappa shape index (κ3) is 26.9. The standard InChI is InChI=1S/C68H107N17O15S2/c1-8-33-80(39-45-92-5)65(89)95-42-14-36-83-58-30-27-52(17-11-20-55(58)74-77-83)98-62(86)71-68(70-61(102)69-51-25-23-50(24-26-51)48-49(4)101,72-63(87)99-53-18-12-21-56-59(31-28-53)84(78-75-56)37-15-43-96-66(90)81(34-9-2)40-46-93-6)73-64(88)100-54-19-13-22-57-60(32-29-54)85(79-76-57)38-16-44-97-67(91)82(35-10-3)41-47-94-7/h23-26,52-54H,8-22,27-48H2,1-7H3,(H,71,86)(H,72,87)(H,73,88)(H2,69,70,102)/i4D. The van der Waals surface area contributed by atoms with E-state index in [4.69, 9.17) is 68.4 Å². The first kappa shape index (κ1) is 79.6. The highest BCUT2D eigenvalue weighted by Crippen LogP contribution is 2.26. The fourth-order valence-corrected chi connectivity index (χ4v) is 12.8. The molecular formula is C68H107N17O15S2. The van der Waals surface area contributed by atoms with Gasteiger partial charge in [0, 0.05) is 113 Å². The van der Waals surface area contributed by atoms with Crippen molar-refractivity contribution in [2.45, 2.75) is 213 Å². The van der Waals surface area contributed by atoms with Crippen LogP contribution >= 0.6 is 24.4 Å². The quantitative estimate of drug-likeness (QED) is 0.0123. The number of carbonyl (C=O) groups excluding carboxylic acids is 6. The average Bonchev–Trinajstić information content (AvgIpc) is 1.69. The van der Waals surface area contributed by atoms with Crippen molar-refractivity contribution in [3.8, 4) is 0 Å². The molecule has 0 saturated carbocycles. The van der Waals surface area contributed by atoms with Gasteiger partial charge in [-0.05, 0) is 157 Å². The summed E-state index contributed by atoms with van der Waals surface area (Å²) in [5, 5.41) is 40.9. The summed E-state index contributed by atoms with van der Waals surface area (Å²) in [6, 6.07) is 7.14. The number of aryl methyl sites for hydroxylation is 6. The van der Waals surface area contributed by atoms with Gasteiger partial charge in [0.25, 0.3) is 5.91 Å². The lowest BCUT2D eigenvalue weighted by atomic mass is 9.99. The van der Waals surface area contributed by atoms with Crippen LogP contribution in [0.1, 0.15) is 165 Å². The summed E-state index contributed by atoms with van der Waals surface area (Å²) in [6.45, 7) is 11.7. The van der Waals surface area contributed by atoms with Crippen molar-refractivity contribution in [1.29, 1.82) is 0 Å². The molecule has 6 amide bonds. The maximum atomic E-state index is 14.8. The number of nitrogens with zero attached hydrogens (tertiary/aromatic N) is 12. The van der Waals surface area contributed by atoms with Crippen molar-refractivity contribution < 1.29 is 72.8 Å². The Morgan fingerprint density at radius 3 is 1.18 bits per heavy atom. The molecule has 566 valence electrons. The van der Waals surface area contributed by atoms with Gasteiger partial charge in [-0.2, -0.15) is 0 Å². The minimum Gasteiger partial charge on any atom is -0.449 e. The highest BCUT2D eigenvalue weighted by atomic mass is 32.1. The second-order valence-electron chi connectivity index (χ2n) is 25.5. The van der Waals surface area contributed by atoms with Crippen LogP contribution in [0.3, 0.4) is 0 Å². The molecule has 7 rings (SSSR count). The number of hydrogen-bond donors (Lipinski definition) is 5. The predicted molar refractivity (Wildman–Crippen MR) is 384 cm³/mol. The van der Waals surface area contributed by atoms with E-state index < -0.39 is 60.8 Å². The van der Waals surface area contributed by atoms with Crippen molar-refractivity contribution in [3.05, 3.63) is 64.0 Å². The number of anilines is 1. The number of thiocarbonyl (C=S) groups is 2. The van der Waals surface area contributed by atoms with Crippen LogP contribution in [-0.2, 0) is 107 Å². The van der Waals surface area contributed by atoms with Crippen LogP contribution < -0.4 is 26.6 Å². The van der Waals surface area contributed by atoms with Gasteiger partial charge in [0.05, 0.1) is 73.8 Å². The second kappa shape index (κ2) is 43.8. The van der Waals surface area contributed by atoms with E-state index in [1.165, 1.54) is 0 Å². The minimum atomic E-state index is -2.52. The number of fused-ring (bicyclic) bond motifs is 3. The smallest absolute Gasteiger partial charge is 0.412 e. The molecule has 4 aromatic rings. The van der Waals surface area contributed by atoms with Gasteiger partial charge < -0.3 is 68.0 Å². The van der Waals surface area contributed by atoms with E-state index in [0.29, 0.717) is 211 Å². The summed E-state index contributed by atoms with van der Waals surface area (Å²) >= 11 is 11.3. The Hall–Kier alpha value is -8.08. The molecule has 3 aliphatic rings. The number of amides is 6. The largest absolute Gasteiger partial charge is 0.449 e. The first-order valence-corrected chi connectivity index (χ1v) is 36.7. The van der Waals surface area contributed by atoms with Crippen molar-refractivity contribution in [2.75, 3.05) is 106 Å². The number of benzene rings is 1. The van der Waals surface area contributed by atoms with E-state index in [9.17, 15) is 28.8 Å². The number of nitrogens with one attached hydrogen (secondary N) is 5. The van der Waals surface area contributed by atoms with E-state index in [-0.39, 0.29) is 31.8 Å². The number of rotatable bonds is 37. The summed E-state index contributed by atoms with van der Waals surface area (Å²) < 4.78 is 64.3. The number of ether oxygens (including phenoxy) is 9. The van der Waals surface area contributed by atoms with Crippen LogP contribution in [0, 0.1) is 0 Å². The Morgan fingerprint density at radius 2 is 0.853 bits per heavy atom. The molecule has 0 fully saturated rings. The zero-order chi connectivity index (χ0) is 73.8. The summed E-state index contributed by atoms with van der Waals surface area (Å²) in [4.78, 5) is 88.7. The summed E-state index contributed by atoms with van der Waals surface area (Å²) in [6.07, 6.45) is 4.63. The summed E-state index contributed by atoms with van der Waals surface area (Å²) in [5.41, 5.74) is 6.38. The zero-order valence-electron chi connectivity index (χ0n) is 61.2. The normalized spacial score (nSPS) is 16.6. The molecular weight excluding hydrogens is 1360 g/mol. The van der Waals surface area contributed by atoms with Gasteiger partial charge in [0.15, 0.2) is 5.11 Å². The molecule has 3 aromatic heterocycles. The summed E-state index contributed by atoms with van der Waals surface area (Å²) in [7, 11) is 4.75. The molecule has 102 heavy (non-hydrogen) atoms. The summed E-state index contributed by atoms with van der Waals surface area (Å²) in [5.74, 6) is -2.52. The van der Waals surface area contributed by atoms with Gasteiger partial charge in [0.2, 0.25) is 0 Å². The Labute approximate surface area is 610 Å². The van der Waals surface area contributed by atoms with Gasteiger partial charge >= 0.3 is 36.6 Å². The Kier molecular flexibility index (Phi) is 34.2. The van der Waals surface area contributed by atoms with E-state index >= 15 is 0 Å². The zero-order valence-corrected chi connectivity index (χ0v) is 61.9. The number of aromatic nitrogens is 9. The predicted octanol–water partition coefficient (Wildman–Crippen LogP) is 8.14. The van der Waals surface area contributed by atoms with E-state index in [1.54, 1.807) is 62.2 Å². The van der Waals surface area contributed by atoms with Crippen molar-refractivity contribution in [1.82, 2.24) is 80.9 Å². The molecule has 0 bridgehead atoms. The highest BCUT2D eigenvalue weighted by molar-refractivity contribution is 7.80. The lowest BCUT2D eigenvalue weighted by Gasteiger charge is -2.37. The molecule has 0 aliphatic heterocycles. The van der Waals surface area contributed by atoms with Gasteiger partial charge in [-0.25, -0.2) is 42.8 Å². The monoisotopic (exact) mass is 1470 g/mol. The lowest BCUT2D eigenvalue weighted by Crippen LogP contribution is -2.79. The Bertz CT molecular complexity index is 3030. The van der Waals surface area contributed by atoms with Crippen LogP contribution in [0.5, 0.6) is 0 Å². The molecule has 5 N–H and O–H groups in total. The van der Waals surface area contributed by atoms with Gasteiger partial charge in [-0.1, -0.05) is 60.8 Å². The maximum absolute atomic E-state index is 14.8. The van der Waals surface area contributed by atoms with Crippen LogP contribution in [0.15, 0.2) is 24.3 Å². The third-order valence-electron chi connectivity index (χ3n) is 17.5. The maximum Gasteiger partial charge on any atom is 0.412 e. The Balaban J connectivity index is 1.09. The highest BCUT2D eigenvalue weighted by Gasteiger charge is 2.41. The molecule has 0 radical (unpaired) electrons. The number of alkyl carbamates (subject to hydrolysis) is 3. The topological polar surface area (TPSA) is 347 Å². The van der Waals surface area contributed by atoms with Crippen LogP contribution in [-0.4, -0.2) is 231 Å². The van der Waals surface area contributed by atoms with E-state index in [2.05, 4.69) is 57.5 Å². The molecule has 3 atom stereocenters. The Morgan fingerprint density at radius 1 is 0.500 bits per heavy atom. The fraction of sp³-hybridized carbons (Fsp3) is 0.706. The van der Waals surface area contributed by atoms with Gasteiger partial charge in [0.1, 0.15) is 18.3 Å². The van der Waals surface area contributed by atoms with Crippen LogP contribution in [0.25, 0.3) is 0 Å². The first-order chi connectivity index (χ1) is 50.0. The molecule has 1 aromatic carbocycles. The molecule has 0 saturated heterocycles. The second-order valence-corrected chi connectivity index (χ2v) is 26.4. The molecule has 3 aliphatic carbocycles. The minimum absolute atomic E-state index is 0.00460. The third-order valence-corrected chi connectivity index (χ3v) is 17.8. The van der Waals surface area contributed by atoms with Crippen molar-refractivity contribution in [3.63, 3.8) is 0 Å². The molecule has 34 heteroatoms. The number of hydrogen-bond acceptors (Lipinski definition) is 23. The molecule has 32 nitrogen and oxygen atoms in total. The fourth-order valence-electron chi connectivity index (χ4n) is 12.4. The molecule has 3 heterocycles. The van der Waals surface area contributed by atoms with Crippen LogP contribution in [0.2, 0.25) is 0 Å². The SMILES string of the molecule is [2H]CC(=S)Cc1ccc(NC(=S)NC(NC(=O)OC2CCCc3nnn(CCCOC(=O)N(CCC)CCOC)c3CC2)(NC(=O)OC2CCCc3nnn(CCCOC(=O)N(CCC)CCOC)c3CC2)NC(=O)OC2CCCc3nnn(CCCOC(=O)N(CCC)CCOC)c3CC2)cc1. The van der Waals surface area contributed by atoms with E-state index in [1.807, 2.05) is 32.9 Å². The molecule has 3 unspecified atom stereocenters.